The third-order valence-corrected chi connectivity index (χ3v) is 5.35. The first kappa shape index (κ1) is 11.5. The first-order valence-corrected chi connectivity index (χ1v) is 7.99. The highest BCUT2D eigenvalue weighted by atomic mass is 32.1. The molecule has 0 amide bonds. The van der Waals surface area contributed by atoms with Crippen LogP contribution >= 0.6 is 11.3 Å². The summed E-state index contributed by atoms with van der Waals surface area (Å²) in [5, 5.41) is 3.41. The largest absolute Gasteiger partial charge is 0.348 e. The molecule has 0 N–H and O–H groups in total. The Morgan fingerprint density at radius 1 is 1.11 bits per heavy atom. The van der Waals surface area contributed by atoms with E-state index in [0.717, 1.165) is 5.69 Å². The van der Waals surface area contributed by atoms with Gasteiger partial charge < -0.3 is 4.90 Å². The van der Waals surface area contributed by atoms with E-state index in [9.17, 15) is 0 Å². The van der Waals surface area contributed by atoms with Gasteiger partial charge in [0.05, 0.1) is 5.69 Å². The molecule has 1 aliphatic heterocycles. The van der Waals surface area contributed by atoms with Crippen LogP contribution in [0.3, 0.4) is 0 Å². The fourth-order valence-corrected chi connectivity index (χ4v) is 3.97. The lowest BCUT2D eigenvalue weighted by Gasteiger charge is -2.32. The van der Waals surface area contributed by atoms with Crippen molar-refractivity contribution in [2.24, 2.45) is 5.41 Å². The van der Waals surface area contributed by atoms with Crippen LogP contribution in [0.4, 0.5) is 5.13 Å². The number of nitrogens with zero attached hydrogens (tertiary/aromatic N) is 2. The number of hydrogen-bond donors (Lipinski definition) is 0. The van der Waals surface area contributed by atoms with Gasteiger partial charge in [-0.25, -0.2) is 4.98 Å². The number of piperidine rings is 1. The van der Waals surface area contributed by atoms with Crippen LogP contribution in [0.5, 0.6) is 0 Å². The molecule has 2 fully saturated rings. The Bertz CT molecular complexity index is 571. The molecule has 98 valence electrons. The lowest BCUT2D eigenvalue weighted by molar-refractivity contribution is 0.395. The van der Waals surface area contributed by atoms with Gasteiger partial charge in [0.25, 0.3) is 0 Å². The van der Waals surface area contributed by atoms with Crippen molar-refractivity contribution >= 4 is 16.5 Å². The minimum atomic E-state index is 0.664. The van der Waals surface area contributed by atoms with Crippen LogP contribution < -0.4 is 4.90 Å². The summed E-state index contributed by atoms with van der Waals surface area (Å²) in [7, 11) is 0. The highest BCUT2D eigenvalue weighted by Gasteiger charge is 2.45. The molecule has 0 atom stereocenters. The maximum absolute atomic E-state index is 4.84. The van der Waals surface area contributed by atoms with Gasteiger partial charge in [0.1, 0.15) is 0 Å². The van der Waals surface area contributed by atoms with Crippen molar-refractivity contribution in [1.29, 1.82) is 0 Å². The van der Waals surface area contributed by atoms with Crippen molar-refractivity contribution in [2.45, 2.75) is 25.7 Å². The third kappa shape index (κ3) is 2.16. The Kier molecular flexibility index (Phi) is 2.62. The number of rotatable bonds is 2. The highest BCUT2D eigenvalue weighted by molar-refractivity contribution is 7.14. The Hall–Kier alpha value is -1.35. The highest BCUT2D eigenvalue weighted by Crippen LogP contribution is 2.52. The van der Waals surface area contributed by atoms with E-state index >= 15 is 0 Å². The van der Waals surface area contributed by atoms with Crippen molar-refractivity contribution in [3.63, 3.8) is 0 Å². The van der Waals surface area contributed by atoms with Gasteiger partial charge in [-0.15, -0.1) is 11.3 Å². The molecular formula is C16H18N2S. The van der Waals surface area contributed by atoms with E-state index in [1.54, 1.807) is 11.3 Å². The molecule has 3 heteroatoms. The molecule has 0 bridgehead atoms. The van der Waals surface area contributed by atoms with Crippen molar-refractivity contribution in [3.05, 3.63) is 35.7 Å². The Labute approximate surface area is 118 Å². The zero-order valence-electron chi connectivity index (χ0n) is 11.0. The molecule has 0 radical (unpaired) electrons. The van der Waals surface area contributed by atoms with Crippen LogP contribution in [0.25, 0.3) is 11.3 Å². The maximum Gasteiger partial charge on any atom is 0.185 e. The minimum Gasteiger partial charge on any atom is -0.348 e. The fraction of sp³-hybridized carbons (Fsp3) is 0.438. The molecule has 4 rings (SSSR count). The van der Waals surface area contributed by atoms with Gasteiger partial charge in [-0.05, 0) is 31.1 Å². The van der Waals surface area contributed by atoms with E-state index in [1.807, 2.05) is 0 Å². The SMILES string of the molecule is c1ccc(-c2csc(N3CCCC4(CC4)C3)n2)cc1. The van der Waals surface area contributed by atoms with E-state index in [-0.39, 0.29) is 0 Å². The summed E-state index contributed by atoms with van der Waals surface area (Å²) in [6.07, 6.45) is 5.63. The van der Waals surface area contributed by atoms with Crippen molar-refractivity contribution in [3.8, 4) is 11.3 Å². The monoisotopic (exact) mass is 270 g/mol. The van der Waals surface area contributed by atoms with Gasteiger partial charge in [0.15, 0.2) is 5.13 Å². The molecular weight excluding hydrogens is 252 g/mol. The summed E-state index contributed by atoms with van der Waals surface area (Å²) in [4.78, 5) is 7.35. The molecule has 1 aromatic heterocycles. The van der Waals surface area contributed by atoms with E-state index < -0.39 is 0 Å². The van der Waals surface area contributed by atoms with E-state index in [1.165, 1.54) is 49.5 Å². The quantitative estimate of drug-likeness (QED) is 0.813. The van der Waals surface area contributed by atoms with Gasteiger partial charge in [-0.3, -0.25) is 0 Å². The molecule has 2 aliphatic rings. The van der Waals surface area contributed by atoms with Crippen molar-refractivity contribution < 1.29 is 0 Å². The Balaban J connectivity index is 1.58. The number of thiazole rings is 1. The summed E-state index contributed by atoms with van der Waals surface area (Å²) < 4.78 is 0. The van der Waals surface area contributed by atoms with Crippen LogP contribution in [-0.2, 0) is 0 Å². The average Bonchev–Trinajstić information content (AvgIpc) is 3.04. The zero-order chi connectivity index (χ0) is 12.7. The van der Waals surface area contributed by atoms with Crippen LogP contribution in [-0.4, -0.2) is 18.1 Å². The molecule has 1 saturated carbocycles. The lowest BCUT2D eigenvalue weighted by Crippen LogP contribution is -2.36. The summed E-state index contributed by atoms with van der Waals surface area (Å²) in [6, 6.07) is 10.5. The van der Waals surface area contributed by atoms with E-state index in [0.29, 0.717) is 5.41 Å². The van der Waals surface area contributed by atoms with Crippen LogP contribution in [0.2, 0.25) is 0 Å². The van der Waals surface area contributed by atoms with Crippen molar-refractivity contribution in [2.75, 3.05) is 18.0 Å². The fourth-order valence-electron chi connectivity index (χ4n) is 3.11. The number of benzene rings is 1. The maximum atomic E-state index is 4.84. The van der Waals surface area contributed by atoms with Crippen LogP contribution in [0.15, 0.2) is 35.7 Å². The molecule has 2 nitrogen and oxygen atoms in total. The number of anilines is 1. The molecule has 0 unspecified atom stereocenters. The topological polar surface area (TPSA) is 16.1 Å². The van der Waals surface area contributed by atoms with Crippen LogP contribution in [0.1, 0.15) is 25.7 Å². The smallest absolute Gasteiger partial charge is 0.185 e. The summed E-state index contributed by atoms with van der Waals surface area (Å²) in [5.74, 6) is 0. The predicted molar refractivity (Wildman–Crippen MR) is 80.7 cm³/mol. The summed E-state index contributed by atoms with van der Waals surface area (Å²) in [6.45, 7) is 2.41. The first-order valence-electron chi connectivity index (χ1n) is 7.11. The molecule has 19 heavy (non-hydrogen) atoms. The minimum absolute atomic E-state index is 0.664. The van der Waals surface area contributed by atoms with Crippen molar-refractivity contribution in [1.82, 2.24) is 4.98 Å². The summed E-state index contributed by atoms with van der Waals surface area (Å²) in [5.41, 5.74) is 3.01. The van der Waals surface area contributed by atoms with Gasteiger partial charge in [-0.1, -0.05) is 30.3 Å². The summed E-state index contributed by atoms with van der Waals surface area (Å²) >= 11 is 1.79. The third-order valence-electron chi connectivity index (χ3n) is 4.45. The molecule has 2 heterocycles. The van der Waals surface area contributed by atoms with E-state index in [4.69, 9.17) is 4.98 Å². The van der Waals surface area contributed by atoms with Gasteiger partial charge in [0, 0.05) is 24.0 Å². The van der Waals surface area contributed by atoms with Crippen LogP contribution in [0, 0.1) is 5.41 Å². The zero-order valence-corrected chi connectivity index (χ0v) is 11.8. The molecule has 1 saturated heterocycles. The second kappa shape index (κ2) is 4.34. The number of hydrogen-bond acceptors (Lipinski definition) is 3. The molecule has 1 aliphatic carbocycles. The molecule has 1 spiro atoms. The normalized spacial score (nSPS) is 20.7. The Morgan fingerprint density at radius 2 is 1.95 bits per heavy atom. The second-order valence-corrected chi connectivity index (χ2v) is 6.74. The van der Waals surface area contributed by atoms with Gasteiger partial charge in [0.2, 0.25) is 0 Å². The molecule has 1 aromatic carbocycles. The second-order valence-electron chi connectivity index (χ2n) is 5.91. The average molecular weight is 270 g/mol. The Morgan fingerprint density at radius 3 is 2.74 bits per heavy atom. The van der Waals surface area contributed by atoms with E-state index in [2.05, 4.69) is 40.6 Å². The van der Waals surface area contributed by atoms with Gasteiger partial charge in [-0.2, -0.15) is 0 Å². The molecule has 2 aromatic rings. The first-order chi connectivity index (χ1) is 9.35. The predicted octanol–water partition coefficient (Wildman–Crippen LogP) is 4.19. The van der Waals surface area contributed by atoms with Gasteiger partial charge >= 0.3 is 0 Å². The standard InChI is InChI=1S/C16H18N2S/c1-2-5-13(6-3-1)14-11-19-15(17-14)18-10-4-7-16(12-18)8-9-16/h1-3,5-6,11H,4,7-10,12H2. The number of aromatic nitrogens is 1. The lowest BCUT2D eigenvalue weighted by atomic mass is 9.95.